The maximum atomic E-state index is 13.8. The summed E-state index contributed by atoms with van der Waals surface area (Å²) in [6.07, 6.45) is 1.87. The minimum absolute atomic E-state index is 0.0258. The highest BCUT2D eigenvalue weighted by molar-refractivity contribution is 9.10. The molecule has 0 amide bonds. The van der Waals surface area contributed by atoms with Gasteiger partial charge in [0, 0.05) is 17.4 Å². The van der Waals surface area contributed by atoms with Crippen molar-refractivity contribution in [3.05, 3.63) is 44.3 Å². The SMILES string of the molecule is O=c1[nH]nc(SCc2c(F)ccc(Br)c2F)n1C1CC1. The monoisotopic (exact) mass is 361 g/mol. The Morgan fingerprint density at radius 2 is 2.20 bits per heavy atom. The lowest BCUT2D eigenvalue weighted by Gasteiger charge is -2.06. The van der Waals surface area contributed by atoms with Crippen LogP contribution in [0.25, 0.3) is 0 Å². The summed E-state index contributed by atoms with van der Waals surface area (Å²) < 4.78 is 29.3. The summed E-state index contributed by atoms with van der Waals surface area (Å²) in [5.74, 6) is -1.14. The molecular formula is C12H10BrF2N3OS. The molecule has 0 radical (unpaired) electrons. The summed E-state index contributed by atoms with van der Waals surface area (Å²) in [7, 11) is 0. The number of hydrogen-bond donors (Lipinski definition) is 1. The van der Waals surface area contributed by atoms with Gasteiger partial charge >= 0.3 is 5.69 Å². The standard InChI is InChI=1S/C12H10BrF2N3OS/c13-8-3-4-9(14)7(10(8)15)5-20-12-17-16-11(19)18(12)6-1-2-6/h3-4,6H,1-2,5H2,(H,16,19). The molecule has 1 aromatic carbocycles. The highest BCUT2D eigenvalue weighted by atomic mass is 79.9. The van der Waals surface area contributed by atoms with Gasteiger partial charge in [-0.15, -0.1) is 5.10 Å². The summed E-state index contributed by atoms with van der Waals surface area (Å²) in [6, 6.07) is 2.70. The van der Waals surface area contributed by atoms with E-state index in [0.29, 0.717) is 5.16 Å². The number of hydrogen-bond acceptors (Lipinski definition) is 3. The van der Waals surface area contributed by atoms with Gasteiger partial charge in [-0.05, 0) is 40.9 Å². The number of halogens is 3. The Balaban J connectivity index is 1.84. The van der Waals surface area contributed by atoms with Crippen molar-refractivity contribution in [3.8, 4) is 0 Å². The molecule has 20 heavy (non-hydrogen) atoms. The third-order valence-corrected chi connectivity index (χ3v) is 4.66. The van der Waals surface area contributed by atoms with Crippen molar-refractivity contribution in [2.24, 2.45) is 0 Å². The van der Waals surface area contributed by atoms with Gasteiger partial charge < -0.3 is 0 Å². The number of nitrogens with zero attached hydrogens (tertiary/aromatic N) is 2. The number of H-pyrrole nitrogens is 1. The van der Waals surface area contributed by atoms with Gasteiger partial charge in [-0.2, -0.15) is 0 Å². The Bertz CT molecular complexity index is 711. The van der Waals surface area contributed by atoms with Crippen LogP contribution in [-0.2, 0) is 5.75 Å². The molecule has 1 N–H and O–H groups in total. The maximum absolute atomic E-state index is 13.8. The lowest BCUT2D eigenvalue weighted by Crippen LogP contribution is -2.16. The molecule has 1 aliphatic carbocycles. The van der Waals surface area contributed by atoms with Gasteiger partial charge in [0.1, 0.15) is 11.6 Å². The Hall–Kier alpha value is -1.15. The molecule has 106 valence electrons. The van der Waals surface area contributed by atoms with E-state index < -0.39 is 11.6 Å². The fraction of sp³-hybridized carbons (Fsp3) is 0.333. The zero-order valence-electron chi connectivity index (χ0n) is 10.2. The molecular weight excluding hydrogens is 352 g/mol. The fourth-order valence-electron chi connectivity index (χ4n) is 1.88. The first-order valence-electron chi connectivity index (χ1n) is 6.00. The van der Waals surface area contributed by atoms with Crippen molar-refractivity contribution in [2.75, 3.05) is 0 Å². The van der Waals surface area contributed by atoms with Crippen LogP contribution >= 0.6 is 27.7 Å². The van der Waals surface area contributed by atoms with Crippen LogP contribution in [0, 0.1) is 11.6 Å². The predicted molar refractivity (Wildman–Crippen MR) is 74.7 cm³/mol. The lowest BCUT2D eigenvalue weighted by atomic mass is 10.2. The van der Waals surface area contributed by atoms with E-state index in [-0.39, 0.29) is 27.5 Å². The molecule has 1 fully saturated rings. The molecule has 0 spiro atoms. The van der Waals surface area contributed by atoms with E-state index in [1.165, 1.54) is 12.1 Å². The van der Waals surface area contributed by atoms with Gasteiger partial charge in [0.2, 0.25) is 0 Å². The summed E-state index contributed by atoms with van der Waals surface area (Å²) in [6.45, 7) is 0. The number of thioether (sulfide) groups is 1. The van der Waals surface area contributed by atoms with E-state index in [4.69, 9.17) is 0 Å². The van der Waals surface area contributed by atoms with Crippen LogP contribution in [0.5, 0.6) is 0 Å². The van der Waals surface area contributed by atoms with Crippen LogP contribution in [0.3, 0.4) is 0 Å². The van der Waals surface area contributed by atoms with Crippen molar-refractivity contribution in [2.45, 2.75) is 29.8 Å². The molecule has 1 aliphatic rings. The lowest BCUT2D eigenvalue weighted by molar-refractivity contribution is 0.561. The summed E-state index contributed by atoms with van der Waals surface area (Å²) in [5, 5.41) is 6.75. The summed E-state index contributed by atoms with van der Waals surface area (Å²) >= 11 is 4.18. The second-order valence-corrected chi connectivity index (χ2v) is 6.32. The number of aromatic nitrogens is 3. The van der Waals surface area contributed by atoms with Crippen molar-refractivity contribution >= 4 is 27.7 Å². The Morgan fingerprint density at radius 1 is 1.45 bits per heavy atom. The second-order valence-electron chi connectivity index (χ2n) is 4.52. The molecule has 2 aromatic rings. The smallest absolute Gasteiger partial charge is 0.267 e. The van der Waals surface area contributed by atoms with Crippen LogP contribution < -0.4 is 5.69 Å². The third kappa shape index (κ3) is 2.54. The van der Waals surface area contributed by atoms with Crippen molar-refractivity contribution in [1.29, 1.82) is 0 Å². The first kappa shape index (κ1) is 13.8. The Kier molecular flexibility index (Phi) is 3.68. The molecule has 8 heteroatoms. The molecule has 4 nitrogen and oxygen atoms in total. The fourth-order valence-corrected chi connectivity index (χ4v) is 3.28. The van der Waals surface area contributed by atoms with Crippen molar-refractivity contribution in [3.63, 3.8) is 0 Å². The van der Waals surface area contributed by atoms with Crippen LogP contribution in [0.15, 0.2) is 26.6 Å². The summed E-state index contributed by atoms with van der Waals surface area (Å²) in [4.78, 5) is 11.6. The minimum Gasteiger partial charge on any atom is -0.267 e. The highest BCUT2D eigenvalue weighted by Gasteiger charge is 2.28. The molecule has 0 saturated heterocycles. The molecule has 1 aromatic heterocycles. The number of nitrogens with one attached hydrogen (secondary N) is 1. The van der Waals surface area contributed by atoms with Gasteiger partial charge in [-0.25, -0.2) is 18.7 Å². The van der Waals surface area contributed by atoms with Crippen LogP contribution in [0.4, 0.5) is 8.78 Å². The van der Waals surface area contributed by atoms with Crippen LogP contribution in [0.2, 0.25) is 0 Å². The van der Waals surface area contributed by atoms with Crippen molar-refractivity contribution in [1.82, 2.24) is 14.8 Å². The van der Waals surface area contributed by atoms with E-state index in [0.717, 1.165) is 24.6 Å². The van der Waals surface area contributed by atoms with Gasteiger partial charge in [-0.1, -0.05) is 11.8 Å². The zero-order chi connectivity index (χ0) is 14.3. The molecule has 0 unspecified atom stereocenters. The minimum atomic E-state index is -0.617. The predicted octanol–water partition coefficient (Wildman–Crippen LogP) is 3.24. The molecule has 0 aliphatic heterocycles. The molecule has 3 rings (SSSR count). The van der Waals surface area contributed by atoms with E-state index >= 15 is 0 Å². The highest BCUT2D eigenvalue weighted by Crippen LogP contribution is 2.37. The largest absolute Gasteiger partial charge is 0.344 e. The van der Waals surface area contributed by atoms with Gasteiger partial charge in [0.25, 0.3) is 0 Å². The van der Waals surface area contributed by atoms with Gasteiger partial charge in [0.15, 0.2) is 5.16 Å². The quantitative estimate of drug-likeness (QED) is 0.671. The zero-order valence-corrected chi connectivity index (χ0v) is 12.6. The third-order valence-electron chi connectivity index (χ3n) is 3.07. The van der Waals surface area contributed by atoms with Crippen LogP contribution in [-0.4, -0.2) is 14.8 Å². The van der Waals surface area contributed by atoms with E-state index in [1.54, 1.807) is 4.57 Å². The van der Waals surface area contributed by atoms with E-state index in [9.17, 15) is 13.6 Å². The van der Waals surface area contributed by atoms with Crippen molar-refractivity contribution < 1.29 is 8.78 Å². The van der Waals surface area contributed by atoms with E-state index in [1.807, 2.05) is 0 Å². The topological polar surface area (TPSA) is 50.7 Å². The normalized spacial score (nSPS) is 14.8. The summed E-state index contributed by atoms with van der Waals surface area (Å²) in [5.41, 5.74) is -0.299. The molecule has 1 saturated carbocycles. The second kappa shape index (κ2) is 5.33. The molecule has 0 atom stereocenters. The maximum Gasteiger partial charge on any atom is 0.344 e. The first-order chi connectivity index (χ1) is 9.58. The number of rotatable bonds is 4. The number of aromatic amines is 1. The Morgan fingerprint density at radius 3 is 2.90 bits per heavy atom. The van der Waals surface area contributed by atoms with Gasteiger partial charge in [0.05, 0.1) is 4.47 Å². The first-order valence-corrected chi connectivity index (χ1v) is 7.78. The Labute approximate surface area is 125 Å². The molecule has 0 bridgehead atoms. The van der Waals surface area contributed by atoms with Crippen LogP contribution in [0.1, 0.15) is 24.4 Å². The van der Waals surface area contributed by atoms with E-state index in [2.05, 4.69) is 26.1 Å². The van der Waals surface area contributed by atoms with Gasteiger partial charge in [-0.3, -0.25) is 4.57 Å². The average Bonchev–Trinajstić information content (AvgIpc) is 3.19. The number of benzene rings is 1. The molecule has 1 heterocycles. The average molecular weight is 362 g/mol.